The van der Waals surface area contributed by atoms with Crippen LogP contribution in [0.5, 0.6) is 0 Å². The van der Waals surface area contributed by atoms with Gasteiger partial charge in [-0.3, -0.25) is 14.2 Å². The normalized spacial score (nSPS) is 19.6. The lowest BCUT2D eigenvalue weighted by atomic mass is 9.97. The maximum absolute atomic E-state index is 12.7. The molecule has 120 valence electrons. The van der Waals surface area contributed by atoms with Gasteiger partial charge in [0.05, 0.1) is 11.7 Å². The standard InChI is InChI=1S/C16H23N3O2S/c1-2-3-8-17-14(20)9-11-10-22-16-18-13-7-5-4-6-12(13)15(21)19(11)16/h11H,2-10H2,1H3,(H,17,20). The van der Waals surface area contributed by atoms with Gasteiger partial charge in [-0.05, 0) is 32.1 Å². The van der Waals surface area contributed by atoms with Crippen LogP contribution in [0.4, 0.5) is 0 Å². The minimum atomic E-state index is -0.0474. The fourth-order valence-electron chi connectivity index (χ4n) is 3.15. The van der Waals surface area contributed by atoms with Gasteiger partial charge in [0.15, 0.2) is 5.16 Å². The molecular formula is C16H23N3O2S. The molecule has 1 N–H and O–H groups in total. The van der Waals surface area contributed by atoms with E-state index in [0.29, 0.717) is 6.42 Å². The van der Waals surface area contributed by atoms with E-state index in [1.807, 2.05) is 0 Å². The molecule has 0 radical (unpaired) electrons. The zero-order valence-corrected chi connectivity index (χ0v) is 13.9. The predicted molar refractivity (Wildman–Crippen MR) is 87.4 cm³/mol. The molecule has 1 aliphatic carbocycles. The smallest absolute Gasteiger partial charge is 0.257 e. The highest BCUT2D eigenvalue weighted by Gasteiger charge is 2.30. The van der Waals surface area contributed by atoms with Gasteiger partial charge in [0, 0.05) is 24.3 Å². The summed E-state index contributed by atoms with van der Waals surface area (Å²) in [4.78, 5) is 29.4. The summed E-state index contributed by atoms with van der Waals surface area (Å²) in [5, 5.41) is 3.74. The predicted octanol–water partition coefficient (Wildman–Crippen LogP) is 2.08. The van der Waals surface area contributed by atoms with Gasteiger partial charge in [-0.2, -0.15) is 0 Å². The summed E-state index contributed by atoms with van der Waals surface area (Å²) in [6, 6.07) is -0.0474. The maximum Gasteiger partial charge on any atom is 0.257 e. The number of fused-ring (bicyclic) bond motifs is 2. The molecule has 1 aromatic heterocycles. The summed E-state index contributed by atoms with van der Waals surface area (Å²) in [7, 11) is 0. The molecule has 0 spiro atoms. The number of carbonyl (C=O) groups excluding carboxylic acids is 1. The number of aromatic nitrogens is 2. The van der Waals surface area contributed by atoms with E-state index in [1.165, 1.54) is 0 Å². The Hall–Kier alpha value is -1.30. The molecule has 0 fully saturated rings. The molecular weight excluding hydrogens is 298 g/mol. The summed E-state index contributed by atoms with van der Waals surface area (Å²) in [5.41, 5.74) is 1.97. The molecule has 1 atom stereocenters. The number of aryl methyl sites for hydroxylation is 1. The summed E-state index contributed by atoms with van der Waals surface area (Å²) in [6.07, 6.45) is 6.39. The Balaban J connectivity index is 1.77. The van der Waals surface area contributed by atoms with Crippen molar-refractivity contribution in [3.63, 3.8) is 0 Å². The zero-order chi connectivity index (χ0) is 15.5. The lowest BCUT2D eigenvalue weighted by Crippen LogP contribution is -2.33. The zero-order valence-electron chi connectivity index (χ0n) is 13.1. The molecule has 6 heteroatoms. The van der Waals surface area contributed by atoms with Crippen molar-refractivity contribution in [1.82, 2.24) is 14.9 Å². The first-order valence-corrected chi connectivity index (χ1v) is 9.23. The lowest BCUT2D eigenvalue weighted by molar-refractivity contribution is -0.121. The van der Waals surface area contributed by atoms with Crippen molar-refractivity contribution in [3.05, 3.63) is 21.6 Å². The Morgan fingerprint density at radius 2 is 2.23 bits per heavy atom. The second-order valence-electron chi connectivity index (χ2n) is 6.07. The Bertz CT molecular complexity index is 627. The number of nitrogens with one attached hydrogen (secondary N) is 1. The van der Waals surface area contributed by atoms with Crippen molar-refractivity contribution in [2.45, 2.75) is 63.1 Å². The van der Waals surface area contributed by atoms with Crippen LogP contribution in [0, 0.1) is 0 Å². The highest BCUT2D eigenvalue weighted by molar-refractivity contribution is 7.99. The third kappa shape index (κ3) is 3.07. The molecule has 22 heavy (non-hydrogen) atoms. The van der Waals surface area contributed by atoms with Gasteiger partial charge in [-0.25, -0.2) is 4.98 Å². The van der Waals surface area contributed by atoms with E-state index in [4.69, 9.17) is 0 Å². The first-order chi connectivity index (χ1) is 10.7. The molecule has 2 heterocycles. The van der Waals surface area contributed by atoms with Crippen molar-refractivity contribution in [1.29, 1.82) is 0 Å². The molecule has 2 aliphatic rings. The van der Waals surface area contributed by atoms with Gasteiger partial charge in [0.25, 0.3) is 5.56 Å². The molecule has 1 unspecified atom stereocenters. The van der Waals surface area contributed by atoms with E-state index in [-0.39, 0.29) is 17.5 Å². The van der Waals surface area contributed by atoms with E-state index in [9.17, 15) is 9.59 Å². The van der Waals surface area contributed by atoms with Crippen LogP contribution in [0.2, 0.25) is 0 Å². The monoisotopic (exact) mass is 321 g/mol. The van der Waals surface area contributed by atoms with Crippen molar-refractivity contribution >= 4 is 17.7 Å². The fraction of sp³-hybridized carbons (Fsp3) is 0.688. The average molecular weight is 321 g/mol. The van der Waals surface area contributed by atoms with Gasteiger partial charge in [-0.15, -0.1) is 0 Å². The number of nitrogens with zero attached hydrogens (tertiary/aromatic N) is 2. The van der Waals surface area contributed by atoms with E-state index in [2.05, 4.69) is 17.2 Å². The topological polar surface area (TPSA) is 64.0 Å². The highest BCUT2D eigenvalue weighted by atomic mass is 32.2. The molecule has 0 saturated carbocycles. The molecule has 1 aromatic rings. The van der Waals surface area contributed by atoms with E-state index >= 15 is 0 Å². The van der Waals surface area contributed by atoms with Crippen molar-refractivity contribution in [2.24, 2.45) is 0 Å². The number of carbonyl (C=O) groups is 1. The van der Waals surface area contributed by atoms with Gasteiger partial charge >= 0.3 is 0 Å². The van der Waals surface area contributed by atoms with Crippen LogP contribution < -0.4 is 10.9 Å². The minimum Gasteiger partial charge on any atom is -0.356 e. The van der Waals surface area contributed by atoms with Crippen molar-refractivity contribution < 1.29 is 4.79 Å². The Morgan fingerprint density at radius 3 is 3.05 bits per heavy atom. The Morgan fingerprint density at radius 1 is 1.41 bits per heavy atom. The van der Waals surface area contributed by atoms with Crippen LogP contribution in [0.15, 0.2) is 9.95 Å². The van der Waals surface area contributed by atoms with Crippen molar-refractivity contribution in [2.75, 3.05) is 12.3 Å². The molecule has 0 bridgehead atoms. The van der Waals surface area contributed by atoms with Gasteiger partial charge in [-0.1, -0.05) is 25.1 Å². The average Bonchev–Trinajstić information content (AvgIpc) is 2.91. The molecule has 1 aliphatic heterocycles. The minimum absolute atomic E-state index is 0.0384. The quantitative estimate of drug-likeness (QED) is 0.666. The van der Waals surface area contributed by atoms with E-state index in [0.717, 1.165) is 67.2 Å². The van der Waals surface area contributed by atoms with Crippen LogP contribution in [0.3, 0.4) is 0 Å². The molecule has 5 nitrogen and oxygen atoms in total. The summed E-state index contributed by atoms with van der Waals surface area (Å²) in [5.74, 6) is 0.809. The second kappa shape index (κ2) is 6.86. The van der Waals surface area contributed by atoms with Crippen LogP contribution in [0.25, 0.3) is 0 Å². The summed E-state index contributed by atoms with van der Waals surface area (Å²) in [6.45, 7) is 2.82. The van der Waals surface area contributed by atoms with E-state index in [1.54, 1.807) is 16.3 Å². The molecule has 1 amide bonds. The first kappa shape index (κ1) is 15.6. The second-order valence-corrected chi connectivity index (χ2v) is 7.06. The van der Waals surface area contributed by atoms with Crippen LogP contribution in [0.1, 0.15) is 56.3 Å². The third-order valence-electron chi connectivity index (χ3n) is 4.40. The maximum atomic E-state index is 12.7. The number of amides is 1. The fourth-order valence-corrected chi connectivity index (χ4v) is 4.31. The summed E-state index contributed by atoms with van der Waals surface area (Å²) < 4.78 is 1.77. The van der Waals surface area contributed by atoms with E-state index < -0.39 is 0 Å². The number of hydrogen-bond donors (Lipinski definition) is 1. The van der Waals surface area contributed by atoms with Gasteiger partial charge in [0.1, 0.15) is 0 Å². The summed E-state index contributed by atoms with van der Waals surface area (Å²) >= 11 is 1.61. The van der Waals surface area contributed by atoms with Crippen LogP contribution >= 0.6 is 11.8 Å². The number of hydrogen-bond acceptors (Lipinski definition) is 4. The van der Waals surface area contributed by atoms with Crippen molar-refractivity contribution in [3.8, 4) is 0 Å². The number of rotatable bonds is 5. The highest BCUT2D eigenvalue weighted by Crippen LogP contribution is 2.33. The lowest BCUT2D eigenvalue weighted by Gasteiger charge is -2.18. The molecule has 3 rings (SSSR count). The largest absolute Gasteiger partial charge is 0.356 e. The molecule has 0 aromatic carbocycles. The van der Waals surface area contributed by atoms with Crippen LogP contribution in [-0.4, -0.2) is 27.8 Å². The van der Waals surface area contributed by atoms with Gasteiger partial charge in [0.2, 0.25) is 5.91 Å². The Labute approximate surface area is 134 Å². The number of thioether (sulfide) groups is 1. The molecule has 0 saturated heterocycles. The third-order valence-corrected chi connectivity index (χ3v) is 5.49. The first-order valence-electron chi connectivity index (χ1n) is 8.24. The van der Waals surface area contributed by atoms with Gasteiger partial charge < -0.3 is 5.32 Å². The Kier molecular flexibility index (Phi) is 4.86. The van der Waals surface area contributed by atoms with Crippen LogP contribution in [-0.2, 0) is 17.6 Å². The SMILES string of the molecule is CCCCNC(=O)CC1CSc2nc3c(c(=O)n21)CCCC3. The number of unbranched alkanes of at least 4 members (excludes halogenated alkanes) is 1.